The van der Waals surface area contributed by atoms with Crippen molar-refractivity contribution >= 4 is 11.3 Å². The van der Waals surface area contributed by atoms with Crippen molar-refractivity contribution < 1.29 is 0 Å². The third kappa shape index (κ3) is 2.73. The molecule has 0 radical (unpaired) electrons. The number of nitrogens with zero attached hydrogens (tertiary/aromatic N) is 5. The maximum atomic E-state index is 4.51. The minimum atomic E-state index is 0.382. The molecule has 0 N–H and O–H groups in total. The van der Waals surface area contributed by atoms with Crippen molar-refractivity contribution in [2.45, 2.75) is 13.0 Å². The van der Waals surface area contributed by atoms with E-state index in [1.54, 1.807) is 18.6 Å². The lowest BCUT2D eigenvalue weighted by Gasteiger charge is -2.20. The molecule has 0 saturated heterocycles. The molecule has 3 rings (SSSR count). The van der Waals surface area contributed by atoms with E-state index in [2.05, 4.69) is 70.1 Å². The van der Waals surface area contributed by atoms with Crippen LogP contribution in [0.3, 0.4) is 0 Å². The molecule has 0 fully saturated rings. The second-order valence-electron chi connectivity index (χ2n) is 5.22. The van der Waals surface area contributed by atoms with Crippen LogP contribution in [0.15, 0.2) is 42.9 Å². The number of benzene rings is 1. The normalized spacial score (nSPS) is 12.8. The zero-order valence-electron chi connectivity index (χ0n) is 12.4. The summed E-state index contributed by atoms with van der Waals surface area (Å²) in [6.07, 6.45) is 4.98. The van der Waals surface area contributed by atoms with Gasteiger partial charge in [-0.3, -0.25) is 0 Å². The van der Waals surface area contributed by atoms with Crippen LogP contribution in [0.25, 0.3) is 22.6 Å². The molecule has 0 unspecified atom stereocenters. The van der Waals surface area contributed by atoms with Gasteiger partial charge >= 0.3 is 0 Å². The first-order chi connectivity index (χ1) is 10.1. The maximum Gasteiger partial charge on any atom is 0.198 e. The summed E-state index contributed by atoms with van der Waals surface area (Å²) >= 11 is 0. The molecule has 5 heteroatoms. The van der Waals surface area contributed by atoms with Crippen molar-refractivity contribution in [2.24, 2.45) is 0 Å². The van der Waals surface area contributed by atoms with E-state index in [1.165, 1.54) is 5.56 Å². The fourth-order valence-electron chi connectivity index (χ4n) is 2.13. The Morgan fingerprint density at radius 2 is 1.57 bits per heavy atom. The maximum absolute atomic E-state index is 4.51. The standard InChI is InChI=1S/C16H17N5/c1-11(21(2)3)12-4-6-13(7-5-12)14-10-19-15-16(20-14)18-9-8-17-15/h4-11H,1-3H3/t11-/m1/s1. The lowest BCUT2D eigenvalue weighted by molar-refractivity contribution is 0.321. The van der Waals surface area contributed by atoms with E-state index in [0.717, 1.165) is 11.3 Å². The summed E-state index contributed by atoms with van der Waals surface area (Å²) in [5.74, 6) is 0. The molecule has 1 aromatic carbocycles. The monoisotopic (exact) mass is 279 g/mol. The number of rotatable bonds is 3. The van der Waals surface area contributed by atoms with Crippen LogP contribution >= 0.6 is 0 Å². The van der Waals surface area contributed by atoms with E-state index in [-0.39, 0.29) is 0 Å². The van der Waals surface area contributed by atoms with Gasteiger partial charge in [0.25, 0.3) is 0 Å². The highest BCUT2D eigenvalue weighted by atomic mass is 15.1. The van der Waals surface area contributed by atoms with Gasteiger partial charge in [-0.2, -0.15) is 0 Å². The Labute approximate surface area is 123 Å². The first kappa shape index (κ1) is 13.6. The topological polar surface area (TPSA) is 54.8 Å². The van der Waals surface area contributed by atoms with Gasteiger partial charge in [-0.05, 0) is 26.6 Å². The summed E-state index contributed by atoms with van der Waals surface area (Å²) in [5, 5.41) is 0. The molecule has 21 heavy (non-hydrogen) atoms. The summed E-state index contributed by atoms with van der Waals surface area (Å²) in [6.45, 7) is 2.18. The van der Waals surface area contributed by atoms with Crippen LogP contribution in [0.1, 0.15) is 18.5 Å². The zero-order chi connectivity index (χ0) is 14.8. The van der Waals surface area contributed by atoms with Crippen LogP contribution in [-0.4, -0.2) is 38.9 Å². The summed E-state index contributed by atoms with van der Waals surface area (Å²) in [4.78, 5) is 19.3. The molecule has 0 bridgehead atoms. The SMILES string of the molecule is C[C@H](c1ccc(-c2cnc3nccnc3n2)cc1)N(C)C. The van der Waals surface area contributed by atoms with Crippen molar-refractivity contribution in [1.29, 1.82) is 0 Å². The Bertz CT molecular complexity index is 752. The molecule has 5 nitrogen and oxygen atoms in total. The highest BCUT2D eigenvalue weighted by Crippen LogP contribution is 2.22. The molecule has 2 heterocycles. The average Bonchev–Trinajstić information content (AvgIpc) is 2.54. The van der Waals surface area contributed by atoms with E-state index in [4.69, 9.17) is 0 Å². The van der Waals surface area contributed by atoms with Crippen LogP contribution in [0, 0.1) is 0 Å². The van der Waals surface area contributed by atoms with Crippen molar-refractivity contribution in [3.8, 4) is 11.3 Å². The lowest BCUT2D eigenvalue weighted by Crippen LogP contribution is -2.16. The van der Waals surface area contributed by atoms with Crippen LogP contribution in [0.5, 0.6) is 0 Å². The number of fused-ring (bicyclic) bond motifs is 1. The summed E-state index contributed by atoms with van der Waals surface area (Å²) < 4.78 is 0. The molecule has 106 valence electrons. The van der Waals surface area contributed by atoms with Crippen molar-refractivity contribution in [3.05, 3.63) is 48.4 Å². The van der Waals surface area contributed by atoms with E-state index in [9.17, 15) is 0 Å². The molecular formula is C16H17N5. The molecule has 0 spiro atoms. The highest BCUT2D eigenvalue weighted by molar-refractivity contribution is 5.69. The van der Waals surface area contributed by atoms with Gasteiger partial charge in [-0.25, -0.2) is 19.9 Å². The third-order valence-electron chi connectivity index (χ3n) is 3.66. The first-order valence-electron chi connectivity index (χ1n) is 6.85. The lowest BCUT2D eigenvalue weighted by atomic mass is 10.0. The van der Waals surface area contributed by atoms with Gasteiger partial charge in [0.15, 0.2) is 11.3 Å². The van der Waals surface area contributed by atoms with Crippen molar-refractivity contribution in [1.82, 2.24) is 24.8 Å². The van der Waals surface area contributed by atoms with Gasteiger partial charge < -0.3 is 4.90 Å². The molecule has 0 amide bonds. The fraction of sp³-hybridized carbons (Fsp3) is 0.250. The molecule has 3 aromatic rings. The quantitative estimate of drug-likeness (QED) is 0.738. The number of hydrogen-bond donors (Lipinski definition) is 0. The van der Waals surface area contributed by atoms with Crippen molar-refractivity contribution in [2.75, 3.05) is 14.1 Å². The Morgan fingerprint density at radius 1 is 0.905 bits per heavy atom. The highest BCUT2D eigenvalue weighted by Gasteiger charge is 2.09. The second-order valence-corrected chi connectivity index (χ2v) is 5.22. The zero-order valence-corrected chi connectivity index (χ0v) is 12.4. The Morgan fingerprint density at radius 3 is 2.24 bits per heavy atom. The minimum absolute atomic E-state index is 0.382. The van der Waals surface area contributed by atoms with Crippen LogP contribution in [0.2, 0.25) is 0 Å². The smallest absolute Gasteiger partial charge is 0.198 e. The molecule has 1 atom stereocenters. The Kier molecular flexibility index (Phi) is 3.58. The predicted molar refractivity (Wildman–Crippen MR) is 82.7 cm³/mol. The third-order valence-corrected chi connectivity index (χ3v) is 3.66. The minimum Gasteiger partial charge on any atom is -0.303 e. The molecule has 2 aromatic heterocycles. The van der Waals surface area contributed by atoms with Crippen LogP contribution in [-0.2, 0) is 0 Å². The Hall–Kier alpha value is -2.40. The van der Waals surface area contributed by atoms with E-state index >= 15 is 0 Å². The predicted octanol–water partition coefficient (Wildman–Crippen LogP) is 2.71. The van der Waals surface area contributed by atoms with Gasteiger partial charge in [0.05, 0.1) is 11.9 Å². The largest absolute Gasteiger partial charge is 0.303 e. The van der Waals surface area contributed by atoms with Gasteiger partial charge in [0.2, 0.25) is 0 Å². The summed E-state index contributed by atoms with van der Waals surface area (Å²) in [6, 6.07) is 8.78. The van der Waals surface area contributed by atoms with Gasteiger partial charge in [-0.1, -0.05) is 24.3 Å². The van der Waals surface area contributed by atoms with Gasteiger partial charge in [0, 0.05) is 24.0 Å². The van der Waals surface area contributed by atoms with Crippen LogP contribution < -0.4 is 0 Å². The van der Waals surface area contributed by atoms with Crippen molar-refractivity contribution in [3.63, 3.8) is 0 Å². The summed E-state index contributed by atoms with van der Waals surface area (Å²) in [7, 11) is 4.15. The van der Waals surface area contributed by atoms with Crippen LogP contribution in [0.4, 0.5) is 0 Å². The average molecular weight is 279 g/mol. The molecular weight excluding hydrogens is 262 g/mol. The van der Waals surface area contributed by atoms with E-state index in [1.807, 2.05) is 0 Å². The number of hydrogen-bond acceptors (Lipinski definition) is 5. The molecule has 0 aliphatic rings. The molecule has 0 aliphatic heterocycles. The number of aromatic nitrogens is 4. The first-order valence-corrected chi connectivity index (χ1v) is 6.85. The molecule has 0 saturated carbocycles. The fourth-order valence-corrected chi connectivity index (χ4v) is 2.13. The van der Waals surface area contributed by atoms with Gasteiger partial charge in [0.1, 0.15) is 0 Å². The summed E-state index contributed by atoms with van der Waals surface area (Å²) in [5.41, 5.74) is 4.26. The van der Waals surface area contributed by atoms with E-state index < -0.39 is 0 Å². The second kappa shape index (κ2) is 5.54. The van der Waals surface area contributed by atoms with E-state index in [0.29, 0.717) is 17.3 Å². The Balaban J connectivity index is 1.95. The molecule has 0 aliphatic carbocycles. The van der Waals surface area contributed by atoms with Gasteiger partial charge in [-0.15, -0.1) is 0 Å².